The summed E-state index contributed by atoms with van der Waals surface area (Å²) >= 11 is 2.98. The number of hydrogen-bond acceptors (Lipinski definition) is 5. The minimum absolute atomic E-state index is 0.0284. The largest absolute Gasteiger partial charge is 0.353 e. The number of aromatic nitrogens is 2. The molecule has 0 saturated heterocycles. The number of rotatable bonds is 7. The maximum Gasteiger partial charge on any atom is 0.230 e. The van der Waals surface area contributed by atoms with Crippen molar-refractivity contribution in [3.8, 4) is 0 Å². The van der Waals surface area contributed by atoms with Crippen LogP contribution in [0, 0.1) is 0 Å². The molecule has 0 saturated carbocycles. The molecule has 116 valence electrons. The van der Waals surface area contributed by atoms with E-state index in [2.05, 4.69) is 22.2 Å². The average molecular weight is 333 g/mol. The third-order valence-electron chi connectivity index (χ3n) is 2.95. The van der Waals surface area contributed by atoms with Crippen molar-refractivity contribution < 1.29 is 4.79 Å². The first-order valence-electron chi connectivity index (χ1n) is 7.15. The van der Waals surface area contributed by atoms with Crippen molar-refractivity contribution >= 4 is 29.4 Å². The first kappa shape index (κ1) is 16.8. The van der Waals surface area contributed by atoms with Crippen LogP contribution < -0.4 is 5.32 Å². The van der Waals surface area contributed by atoms with Gasteiger partial charge in [0.15, 0.2) is 0 Å². The molecule has 2 rings (SSSR count). The highest BCUT2D eigenvalue weighted by atomic mass is 32.2. The summed E-state index contributed by atoms with van der Waals surface area (Å²) in [7, 11) is 0. The molecule has 0 spiro atoms. The van der Waals surface area contributed by atoms with E-state index >= 15 is 0 Å². The van der Waals surface area contributed by atoms with Crippen LogP contribution in [0.15, 0.2) is 57.7 Å². The van der Waals surface area contributed by atoms with Gasteiger partial charge in [-0.3, -0.25) is 4.79 Å². The van der Waals surface area contributed by atoms with Crippen LogP contribution in [-0.4, -0.2) is 27.7 Å². The topological polar surface area (TPSA) is 54.9 Å². The van der Waals surface area contributed by atoms with Crippen molar-refractivity contribution in [2.45, 2.75) is 41.3 Å². The summed E-state index contributed by atoms with van der Waals surface area (Å²) in [5.41, 5.74) is 0. The molecule has 1 unspecified atom stereocenters. The minimum Gasteiger partial charge on any atom is -0.353 e. The summed E-state index contributed by atoms with van der Waals surface area (Å²) in [5, 5.41) is 4.57. The van der Waals surface area contributed by atoms with E-state index in [9.17, 15) is 4.79 Å². The van der Waals surface area contributed by atoms with Crippen LogP contribution in [0.25, 0.3) is 0 Å². The van der Waals surface area contributed by atoms with E-state index in [0.29, 0.717) is 5.75 Å². The van der Waals surface area contributed by atoms with Gasteiger partial charge in [0.2, 0.25) is 5.91 Å². The van der Waals surface area contributed by atoms with Crippen LogP contribution in [0.4, 0.5) is 0 Å². The third kappa shape index (κ3) is 5.35. The standard InChI is InChI=1S/C16H19N3OS2/c1-3-12(2)19-14(20)11-21-15-16(18-10-9-17-15)22-13-7-5-4-6-8-13/h4-10,12H,3,11H2,1-2H3,(H,19,20). The number of nitrogens with one attached hydrogen (secondary N) is 1. The molecule has 1 atom stereocenters. The number of carbonyl (C=O) groups is 1. The Bertz CT molecular complexity index is 607. The van der Waals surface area contributed by atoms with Crippen LogP contribution in [0.5, 0.6) is 0 Å². The maximum atomic E-state index is 11.9. The van der Waals surface area contributed by atoms with Gasteiger partial charge in [0, 0.05) is 23.3 Å². The van der Waals surface area contributed by atoms with Gasteiger partial charge in [-0.1, -0.05) is 48.6 Å². The van der Waals surface area contributed by atoms with Crippen LogP contribution in [-0.2, 0) is 4.79 Å². The molecule has 0 bridgehead atoms. The number of benzene rings is 1. The highest BCUT2D eigenvalue weighted by Crippen LogP contribution is 2.32. The van der Waals surface area contributed by atoms with Gasteiger partial charge in [0.1, 0.15) is 10.1 Å². The zero-order valence-corrected chi connectivity index (χ0v) is 14.3. The number of amides is 1. The number of hydrogen-bond donors (Lipinski definition) is 1. The van der Waals surface area contributed by atoms with Gasteiger partial charge in [0.05, 0.1) is 5.75 Å². The third-order valence-corrected chi connectivity index (χ3v) is 5.06. The fourth-order valence-electron chi connectivity index (χ4n) is 1.63. The zero-order valence-electron chi connectivity index (χ0n) is 12.7. The molecule has 1 heterocycles. The van der Waals surface area contributed by atoms with E-state index in [4.69, 9.17) is 0 Å². The Labute approximate surface area is 139 Å². The molecule has 4 nitrogen and oxygen atoms in total. The van der Waals surface area contributed by atoms with Crippen LogP contribution >= 0.6 is 23.5 Å². The molecular formula is C16H19N3OS2. The molecular weight excluding hydrogens is 314 g/mol. The SMILES string of the molecule is CCC(C)NC(=O)CSc1nccnc1Sc1ccccc1. The second-order valence-electron chi connectivity index (χ2n) is 4.75. The zero-order chi connectivity index (χ0) is 15.8. The van der Waals surface area contributed by atoms with Crippen LogP contribution in [0.1, 0.15) is 20.3 Å². The average Bonchev–Trinajstić information content (AvgIpc) is 2.55. The first-order chi connectivity index (χ1) is 10.7. The van der Waals surface area contributed by atoms with Crippen molar-refractivity contribution in [1.82, 2.24) is 15.3 Å². The monoisotopic (exact) mass is 333 g/mol. The Morgan fingerprint density at radius 1 is 1.18 bits per heavy atom. The number of carbonyl (C=O) groups excluding carboxylic acids is 1. The van der Waals surface area contributed by atoms with E-state index in [1.54, 1.807) is 24.2 Å². The molecule has 0 aliphatic rings. The Balaban J connectivity index is 1.98. The lowest BCUT2D eigenvalue weighted by atomic mass is 10.3. The fourth-order valence-corrected chi connectivity index (χ4v) is 3.37. The fraction of sp³-hybridized carbons (Fsp3) is 0.312. The summed E-state index contributed by atoms with van der Waals surface area (Å²) in [6.07, 6.45) is 4.26. The lowest BCUT2D eigenvalue weighted by Crippen LogP contribution is -2.33. The molecule has 0 radical (unpaired) electrons. The van der Waals surface area contributed by atoms with Crippen molar-refractivity contribution in [2.75, 3.05) is 5.75 Å². The molecule has 1 amide bonds. The van der Waals surface area contributed by atoms with Crippen molar-refractivity contribution in [3.05, 3.63) is 42.7 Å². The van der Waals surface area contributed by atoms with E-state index in [0.717, 1.165) is 21.4 Å². The molecule has 0 aliphatic carbocycles. The lowest BCUT2D eigenvalue weighted by molar-refractivity contribution is -0.119. The second kappa shape index (κ2) is 8.80. The smallest absolute Gasteiger partial charge is 0.230 e. The van der Waals surface area contributed by atoms with Gasteiger partial charge in [-0.25, -0.2) is 9.97 Å². The molecule has 6 heteroatoms. The van der Waals surface area contributed by atoms with Gasteiger partial charge in [-0.15, -0.1) is 0 Å². The number of thioether (sulfide) groups is 1. The van der Waals surface area contributed by atoms with Gasteiger partial charge in [0.25, 0.3) is 0 Å². The Hall–Kier alpha value is -1.53. The van der Waals surface area contributed by atoms with Gasteiger partial charge in [-0.2, -0.15) is 0 Å². The predicted octanol–water partition coefficient (Wildman–Crippen LogP) is 3.63. The van der Waals surface area contributed by atoms with Crippen LogP contribution in [0.3, 0.4) is 0 Å². The van der Waals surface area contributed by atoms with E-state index in [1.807, 2.05) is 37.3 Å². The summed E-state index contributed by atoms with van der Waals surface area (Å²) < 4.78 is 0. The van der Waals surface area contributed by atoms with E-state index in [-0.39, 0.29) is 11.9 Å². The first-order valence-corrected chi connectivity index (χ1v) is 8.95. The summed E-state index contributed by atoms with van der Waals surface area (Å²) in [4.78, 5) is 21.7. The Morgan fingerprint density at radius 3 is 2.55 bits per heavy atom. The molecule has 22 heavy (non-hydrogen) atoms. The lowest BCUT2D eigenvalue weighted by Gasteiger charge is -2.11. The highest BCUT2D eigenvalue weighted by Gasteiger charge is 2.11. The maximum absolute atomic E-state index is 11.9. The normalized spacial score (nSPS) is 11.9. The van der Waals surface area contributed by atoms with Gasteiger partial charge in [-0.05, 0) is 25.5 Å². The quantitative estimate of drug-likeness (QED) is 0.784. The van der Waals surface area contributed by atoms with Crippen molar-refractivity contribution in [3.63, 3.8) is 0 Å². The molecule has 1 aromatic carbocycles. The molecule has 2 aromatic rings. The Kier molecular flexibility index (Phi) is 6.74. The minimum atomic E-state index is 0.0284. The molecule has 1 aromatic heterocycles. The number of nitrogens with zero attached hydrogens (tertiary/aromatic N) is 2. The van der Waals surface area contributed by atoms with Gasteiger partial charge >= 0.3 is 0 Å². The second-order valence-corrected chi connectivity index (χ2v) is 6.77. The van der Waals surface area contributed by atoms with E-state index in [1.165, 1.54) is 11.8 Å². The van der Waals surface area contributed by atoms with Gasteiger partial charge < -0.3 is 5.32 Å². The van der Waals surface area contributed by atoms with Crippen molar-refractivity contribution in [1.29, 1.82) is 0 Å². The van der Waals surface area contributed by atoms with Crippen molar-refractivity contribution in [2.24, 2.45) is 0 Å². The highest BCUT2D eigenvalue weighted by molar-refractivity contribution is 8.02. The van der Waals surface area contributed by atoms with Crippen LogP contribution in [0.2, 0.25) is 0 Å². The Morgan fingerprint density at radius 2 is 1.86 bits per heavy atom. The molecule has 0 fully saturated rings. The summed E-state index contributed by atoms with van der Waals surface area (Å²) in [5.74, 6) is 0.381. The summed E-state index contributed by atoms with van der Waals surface area (Å²) in [6.45, 7) is 4.05. The molecule has 1 N–H and O–H groups in total. The molecule has 0 aliphatic heterocycles. The summed E-state index contributed by atoms with van der Waals surface area (Å²) in [6, 6.07) is 10.2. The predicted molar refractivity (Wildman–Crippen MR) is 91.2 cm³/mol. The van der Waals surface area contributed by atoms with E-state index < -0.39 is 0 Å².